The van der Waals surface area contributed by atoms with E-state index < -0.39 is 29.4 Å². The number of rotatable bonds is 4. The van der Waals surface area contributed by atoms with Crippen LogP contribution < -0.4 is 16.0 Å². The van der Waals surface area contributed by atoms with E-state index in [-0.39, 0.29) is 40.8 Å². The van der Waals surface area contributed by atoms with Gasteiger partial charge in [-0.1, -0.05) is 13.8 Å². The van der Waals surface area contributed by atoms with Gasteiger partial charge < -0.3 is 16.0 Å². The monoisotopic (exact) mass is 481 g/mol. The van der Waals surface area contributed by atoms with E-state index in [4.69, 9.17) is 5.73 Å². The van der Waals surface area contributed by atoms with Crippen molar-refractivity contribution in [1.82, 2.24) is 15.1 Å². The Morgan fingerprint density at radius 1 is 1.29 bits per heavy atom. The quantitative estimate of drug-likeness (QED) is 0.482. The number of carbonyl (C=O) groups excluding carboxylic acids is 2. The molecule has 0 bridgehead atoms. The third kappa shape index (κ3) is 5.46. The minimum absolute atomic E-state index is 0.0125. The maximum Gasteiger partial charge on any atom is 0.416 e. The van der Waals surface area contributed by atoms with Crippen molar-refractivity contribution in [3.05, 3.63) is 70.6 Å². The number of hydrogen-bond donors (Lipinski definition) is 2. The minimum Gasteiger partial charge on any atom is -0.403 e. The summed E-state index contributed by atoms with van der Waals surface area (Å²) in [4.78, 5) is 27.3. The lowest BCUT2D eigenvalue weighted by Crippen LogP contribution is -2.43. The Morgan fingerprint density at radius 2 is 1.94 bits per heavy atom. The highest BCUT2D eigenvalue weighted by Crippen LogP contribution is 2.35. The number of nitrogens with one attached hydrogen (secondary N) is 1. The summed E-state index contributed by atoms with van der Waals surface area (Å²) in [5, 5.41) is 6.52. The fraction of sp³-hybridized carbons (Fsp3) is 0.348. The SMILES string of the molecule is C/C(F)=C\C(=C/N)NC(=O)c1cnn2c1C(=O)N(c1ccc(C(F)(F)F)c(C)c1)CC2C.CC. The molecule has 0 fully saturated rings. The summed E-state index contributed by atoms with van der Waals surface area (Å²) in [5.41, 5.74) is 4.74. The predicted molar refractivity (Wildman–Crippen MR) is 121 cm³/mol. The third-order valence-corrected chi connectivity index (χ3v) is 4.97. The Kier molecular flexibility index (Phi) is 8.25. The van der Waals surface area contributed by atoms with E-state index in [1.165, 1.54) is 41.8 Å². The molecule has 0 saturated heterocycles. The lowest BCUT2D eigenvalue weighted by Gasteiger charge is -2.32. The van der Waals surface area contributed by atoms with Crippen LogP contribution in [0.25, 0.3) is 0 Å². The van der Waals surface area contributed by atoms with Crippen LogP contribution in [-0.2, 0) is 6.18 Å². The van der Waals surface area contributed by atoms with E-state index >= 15 is 0 Å². The molecule has 34 heavy (non-hydrogen) atoms. The van der Waals surface area contributed by atoms with Crippen LogP contribution in [0.3, 0.4) is 0 Å². The van der Waals surface area contributed by atoms with E-state index in [2.05, 4.69) is 10.4 Å². The molecular weight excluding hydrogens is 454 g/mol. The number of carbonyl (C=O) groups is 2. The van der Waals surface area contributed by atoms with Gasteiger partial charge >= 0.3 is 6.18 Å². The molecule has 1 aromatic heterocycles. The second kappa shape index (κ2) is 10.5. The number of hydrogen-bond acceptors (Lipinski definition) is 4. The molecule has 184 valence electrons. The van der Waals surface area contributed by atoms with Gasteiger partial charge in [-0.3, -0.25) is 14.3 Å². The molecule has 1 atom stereocenters. The second-order valence-corrected chi connectivity index (χ2v) is 7.42. The smallest absolute Gasteiger partial charge is 0.403 e. The van der Waals surface area contributed by atoms with Gasteiger partial charge in [-0.05, 0) is 50.6 Å². The van der Waals surface area contributed by atoms with Gasteiger partial charge in [0.15, 0.2) is 0 Å². The van der Waals surface area contributed by atoms with Crippen molar-refractivity contribution < 1.29 is 27.2 Å². The summed E-state index contributed by atoms with van der Waals surface area (Å²) in [6.07, 6.45) is -1.29. The average Bonchev–Trinajstić information content (AvgIpc) is 3.22. The van der Waals surface area contributed by atoms with E-state index in [1.807, 2.05) is 13.8 Å². The standard InChI is InChI=1S/C21H21F4N5O2.C2H6/c1-11-6-15(4-5-17(11)21(23,24)25)29-10-13(3)30-18(20(29)32)16(9-27-30)19(31)28-14(8-26)7-12(2)22;1-2/h4-9,13H,10,26H2,1-3H3,(H,28,31);1-2H3/b12-7+,14-8+;. The maximum atomic E-state index is 13.2. The number of aromatic nitrogens is 2. The van der Waals surface area contributed by atoms with Gasteiger partial charge in [0, 0.05) is 18.4 Å². The van der Waals surface area contributed by atoms with Crippen molar-refractivity contribution in [3.8, 4) is 0 Å². The predicted octanol–water partition coefficient (Wildman–Crippen LogP) is 4.86. The van der Waals surface area contributed by atoms with Gasteiger partial charge in [0.2, 0.25) is 0 Å². The second-order valence-electron chi connectivity index (χ2n) is 7.42. The topological polar surface area (TPSA) is 93.2 Å². The molecule has 2 heterocycles. The first-order valence-corrected chi connectivity index (χ1v) is 10.6. The number of halogens is 4. The first-order chi connectivity index (χ1) is 15.9. The fourth-order valence-corrected chi connectivity index (χ4v) is 3.52. The highest BCUT2D eigenvalue weighted by atomic mass is 19.4. The summed E-state index contributed by atoms with van der Waals surface area (Å²) < 4.78 is 53.8. The molecule has 2 amide bonds. The highest BCUT2D eigenvalue weighted by Gasteiger charge is 2.37. The molecule has 0 aliphatic carbocycles. The third-order valence-electron chi connectivity index (χ3n) is 4.97. The van der Waals surface area contributed by atoms with E-state index in [1.54, 1.807) is 6.92 Å². The Bertz CT molecular complexity index is 1130. The number of amides is 2. The Balaban J connectivity index is 0.00000199. The van der Waals surface area contributed by atoms with Crippen molar-refractivity contribution >= 4 is 17.5 Å². The molecule has 1 aliphatic rings. The number of nitrogens with two attached hydrogens (primary N) is 1. The van der Waals surface area contributed by atoms with E-state index in [9.17, 15) is 27.2 Å². The van der Waals surface area contributed by atoms with Crippen LogP contribution in [0, 0.1) is 6.92 Å². The lowest BCUT2D eigenvalue weighted by atomic mass is 10.0. The number of allylic oxidation sites excluding steroid dienone is 2. The van der Waals surface area contributed by atoms with Crippen LogP contribution in [0.15, 0.2) is 48.2 Å². The Labute approximate surface area is 194 Å². The zero-order valence-corrected chi connectivity index (χ0v) is 19.5. The summed E-state index contributed by atoms with van der Waals surface area (Å²) in [7, 11) is 0. The number of benzene rings is 1. The molecule has 1 aliphatic heterocycles. The molecule has 0 radical (unpaired) electrons. The normalized spacial score (nSPS) is 16.6. The fourth-order valence-electron chi connectivity index (χ4n) is 3.52. The molecule has 7 nitrogen and oxygen atoms in total. The molecule has 3 rings (SSSR count). The van der Waals surface area contributed by atoms with Crippen molar-refractivity contribution in [2.24, 2.45) is 5.73 Å². The van der Waals surface area contributed by atoms with Crippen LogP contribution in [0.4, 0.5) is 23.2 Å². The largest absolute Gasteiger partial charge is 0.416 e. The number of nitrogens with zero attached hydrogens (tertiary/aromatic N) is 3. The molecular formula is C23H27F4N5O2. The molecule has 1 unspecified atom stereocenters. The van der Waals surface area contributed by atoms with E-state index in [0.717, 1.165) is 18.3 Å². The van der Waals surface area contributed by atoms with Crippen molar-refractivity contribution in [2.75, 3.05) is 11.4 Å². The Morgan fingerprint density at radius 3 is 2.47 bits per heavy atom. The number of aryl methyl sites for hydroxylation is 1. The van der Waals surface area contributed by atoms with Crippen molar-refractivity contribution in [3.63, 3.8) is 0 Å². The van der Waals surface area contributed by atoms with Gasteiger partial charge in [0.05, 0.1) is 34.9 Å². The molecule has 11 heteroatoms. The average molecular weight is 481 g/mol. The number of alkyl halides is 3. The molecule has 3 N–H and O–H groups in total. The molecule has 0 spiro atoms. The zero-order valence-electron chi connectivity index (χ0n) is 19.5. The van der Waals surface area contributed by atoms with Crippen LogP contribution in [0.1, 0.15) is 65.7 Å². The van der Waals surface area contributed by atoms with Gasteiger partial charge in [0.25, 0.3) is 11.8 Å². The van der Waals surface area contributed by atoms with Crippen LogP contribution >= 0.6 is 0 Å². The first-order valence-electron chi connectivity index (χ1n) is 10.6. The number of fused-ring (bicyclic) bond motifs is 1. The van der Waals surface area contributed by atoms with Gasteiger partial charge in [-0.15, -0.1) is 0 Å². The maximum absolute atomic E-state index is 13.2. The van der Waals surface area contributed by atoms with Crippen molar-refractivity contribution in [2.45, 2.75) is 46.8 Å². The van der Waals surface area contributed by atoms with Gasteiger partial charge in [-0.25, -0.2) is 4.39 Å². The molecule has 0 saturated carbocycles. The van der Waals surface area contributed by atoms with Crippen LogP contribution in [0.5, 0.6) is 0 Å². The van der Waals surface area contributed by atoms with Gasteiger partial charge in [0.1, 0.15) is 5.69 Å². The van der Waals surface area contributed by atoms with Crippen molar-refractivity contribution in [1.29, 1.82) is 0 Å². The van der Waals surface area contributed by atoms with Crippen LogP contribution in [-0.4, -0.2) is 28.1 Å². The summed E-state index contributed by atoms with van der Waals surface area (Å²) in [6, 6.07) is 3.07. The summed E-state index contributed by atoms with van der Waals surface area (Å²) in [5.74, 6) is -1.92. The zero-order chi connectivity index (χ0) is 25.8. The summed E-state index contributed by atoms with van der Waals surface area (Å²) in [6.45, 7) is 8.40. The highest BCUT2D eigenvalue weighted by molar-refractivity contribution is 6.13. The van der Waals surface area contributed by atoms with Gasteiger partial charge in [-0.2, -0.15) is 18.3 Å². The van der Waals surface area contributed by atoms with E-state index in [0.29, 0.717) is 0 Å². The Hall–Kier alpha value is -3.63. The lowest BCUT2D eigenvalue weighted by molar-refractivity contribution is -0.138. The summed E-state index contributed by atoms with van der Waals surface area (Å²) >= 11 is 0. The molecule has 1 aromatic carbocycles. The van der Waals surface area contributed by atoms with Crippen LogP contribution in [0.2, 0.25) is 0 Å². The number of anilines is 1. The minimum atomic E-state index is -4.51. The molecule has 2 aromatic rings. The first kappa shape index (κ1) is 26.6.